The van der Waals surface area contributed by atoms with Crippen molar-refractivity contribution >= 4 is 22.7 Å². The smallest absolute Gasteiger partial charge is 0.0707 e. The molecule has 3 nitrogen and oxygen atoms in total. The summed E-state index contributed by atoms with van der Waals surface area (Å²) in [6.07, 6.45) is 8.87. The van der Waals surface area contributed by atoms with E-state index in [1.54, 1.807) is 10.4 Å². The summed E-state index contributed by atoms with van der Waals surface area (Å²) < 4.78 is 2.03. The maximum Gasteiger partial charge on any atom is 0.0707 e. The van der Waals surface area contributed by atoms with Gasteiger partial charge in [-0.2, -0.15) is 5.10 Å². The van der Waals surface area contributed by atoms with Gasteiger partial charge in [-0.3, -0.25) is 9.58 Å². The van der Waals surface area contributed by atoms with Crippen molar-refractivity contribution < 1.29 is 0 Å². The minimum Gasteiger partial charge on any atom is -0.291 e. The Morgan fingerprint density at radius 1 is 1.04 bits per heavy atom. The molecule has 0 N–H and O–H groups in total. The second-order valence-corrected chi connectivity index (χ2v) is 8.31. The number of aryl methyl sites for hydroxylation is 1. The molecule has 1 unspecified atom stereocenters. The Kier molecular flexibility index (Phi) is 5.11. The van der Waals surface area contributed by atoms with Crippen LogP contribution in [0, 0.1) is 0 Å². The first-order chi connectivity index (χ1) is 11.9. The number of rotatable bonds is 7. The number of fused-ring (bicyclic) bond motifs is 1. The van der Waals surface area contributed by atoms with E-state index in [1.165, 1.54) is 43.6 Å². The van der Waals surface area contributed by atoms with E-state index in [1.807, 2.05) is 39.6 Å². The van der Waals surface area contributed by atoms with Crippen molar-refractivity contribution in [2.24, 2.45) is 0 Å². The standard InChI is InChI=1S/C19H23N3S2/c1(3-11-22-12-5-9-20-22)2-10-21-13-7-17-16(8-15-24-17)19(21)18-6-4-14-23-18/h4-6,8-9,12,14-15,19H,1-3,7,10-11,13H2. The molecule has 4 rings (SSSR count). The van der Waals surface area contributed by atoms with Crippen molar-refractivity contribution in [2.45, 2.75) is 38.3 Å². The van der Waals surface area contributed by atoms with Crippen molar-refractivity contribution in [1.29, 1.82) is 0 Å². The van der Waals surface area contributed by atoms with Crippen molar-refractivity contribution in [2.75, 3.05) is 13.1 Å². The first kappa shape index (κ1) is 16.1. The monoisotopic (exact) mass is 357 g/mol. The third-order valence-corrected chi connectivity index (χ3v) is 6.69. The summed E-state index contributed by atoms with van der Waals surface area (Å²) >= 11 is 3.82. The van der Waals surface area contributed by atoms with Gasteiger partial charge in [-0.05, 0) is 60.3 Å². The fourth-order valence-corrected chi connectivity index (χ4v) is 5.37. The van der Waals surface area contributed by atoms with Crippen LogP contribution in [-0.4, -0.2) is 27.8 Å². The summed E-state index contributed by atoms with van der Waals surface area (Å²) in [6, 6.07) is 9.30. The average molecular weight is 358 g/mol. The molecular formula is C19H23N3S2. The van der Waals surface area contributed by atoms with E-state index in [0.29, 0.717) is 6.04 Å². The molecule has 0 spiro atoms. The summed E-state index contributed by atoms with van der Waals surface area (Å²) in [7, 11) is 0. The summed E-state index contributed by atoms with van der Waals surface area (Å²) in [5.41, 5.74) is 1.55. The van der Waals surface area contributed by atoms with Crippen LogP contribution in [-0.2, 0) is 13.0 Å². The highest BCUT2D eigenvalue weighted by Gasteiger charge is 2.29. The number of hydrogen-bond donors (Lipinski definition) is 0. The summed E-state index contributed by atoms with van der Waals surface area (Å²) in [5, 5.41) is 8.75. The molecule has 24 heavy (non-hydrogen) atoms. The van der Waals surface area contributed by atoms with Crippen molar-refractivity contribution in [3.05, 3.63) is 62.7 Å². The number of nitrogens with zero attached hydrogens (tertiary/aromatic N) is 3. The zero-order valence-corrected chi connectivity index (χ0v) is 15.4. The molecule has 0 saturated carbocycles. The summed E-state index contributed by atoms with van der Waals surface area (Å²) in [6.45, 7) is 3.42. The van der Waals surface area contributed by atoms with Gasteiger partial charge in [0.1, 0.15) is 0 Å². The van der Waals surface area contributed by atoms with E-state index >= 15 is 0 Å². The van der Waals surface area contributed by atoms with Crippen LogP contribution >= 0.6 is 22.7 Å². The fraction of sp³-hybridized carbons (Fsp3) is 0.421. The lowest BCUT2D eigenvalue weighted by Crippen LogP contribution is -2.35. The van der Waals surface area contributed by atoms with E-state index in [-0.39, 0.29) is 0 Å². The van der Waals surface area contributed by atoms with Gasteiger partial charge in [0.15, 0.2) is 0 Å². The van der Waals surface area contributed by atoms with Gasteiger partial charge in [0.05, 0.1) is 6.04 Å². The molecule has 1 aliphatic heterocycles. The molecule has 0 aromatic carbocycles. The summed E-state index contributed by atoms with van der Waals surface area (Å²) in [4.78, 5) is 5.77. The molecule has 1 aliphatic rings. The minimum absolute atomic E-state index is 0.478. The number of aromatic nitrogens is 2. The number of hydrogen-bond acceptors (Lipinski definition) is 4. The van der Waals surface area contributed by atoms with Crippen molar-refractivity contribution in [1.82, 2.24) is 14.7 Å². The fourth-order valence-electron chi connectivity index (χ4n) is 3.59. The molecule has 0 fully saturated rings. The second-order valence-electron chi connectivity index (χ2n) is 6.33. The molecule has 0 radical (unpaired) electrons. The molecular weight excluding hydrogens is 334 g/mol. The topological polar surface area (TPSA) is 21.1 Å². The Hall–Kier alpha value is -1.43. The Labute approximate surface area is 151 Å². The van der Waals surface area contributed by atoms with Crippen LogP contribution in [0.2, 0.25) is 0 Å². The Morgan fingerprint density at radius 3 is 2.83 bits per heavy atom. The van der Waals surface area contributed by atoms with E-state index in [0.717, 1.165) is 6.54 Å². The maximum absolute atomic E-state index is 4.28. The lowest BCUT2D eigenvalue weighted by atomic mass is 9.98. The normalized spacial score (nSPS) is 17.9. The SMILES string of the molecule is c1csc(C2c3ccsc3CCN2CCCCCn2cccn2)c1. The maximum atomic E-state index is 4.28. The first-order valence-electron chi connectivity index (χ1n) is 8.73. The van der Waals surface area contributed by atoms with E-state index in [2.05, 4.69) is 45.2 Å². The van der Waals surface area contributed by atoms with Gasteiger partial charge >= 0.3 is 0 Å². The molecule has 0 bridgehead atoms. The molecule has 1 atom stereocenters. The minimum atomic E-state index is 0.478. The molecule has 3 aromatic heterocycles. The lowest BCUT2D eigenvalue weighted by molar-refractivity contribution is 0.212. The van der Waals surface area contributed by atoms with Crippen LogP contribution in [0.3, 0.4) is 0 Å². The highest BCUT2D eigenvalue weighted by molar-refractivity contribution is 7.10. The Bertz CT molecular complexity index is 731. The van der Waals surface area contributed by atoms with Crippen LogP contribution in [0.5, 0.6) is 0 Å². The van der Waals surface area contributed by atoms with Gasteiger partial charge < -0.3 is 0 Å². The molecule has 126 valence electrons. The van der Waals surface area contributed by atoms with E-state index < -0.39 is 0 Å². The zero-order valence-electron chi connectivity index (χ0n) is 13.8. The quantitative estimate of drug-likeness (QED) is 0.565. The highest BCUT2D eigenvalue weighted by atomic mass is 32.1. The van der Waals surface area contributed by atoms with Gasteiger partial charge in [0, 0.05) is 35.2 Å². The van der Waals surface area contributed by atoms with Gasteiger partial charge in [-0.25, -0.2) is 0 Å². The van der Waals surface area contributed by atoms with Crippen LogP contribution < -0.4 is 0 Å². The Balaban J connectivity index is 1.35. The first-order valence-corrected chi connectivity index (χ1v) is 10.5. The van der Waals surface area contributed by atoms with Crippen molar-refractivity contribution in [3.8, 4) is 0 Å². The van der Waals surface area contributed by atoms with Gasteiger partial charge in [0.25, 0.3) is 0 Å². The predicted octanol–water partition coefficient (Wildman–Crippen LogP) is 4.82. The molecule has 3 aromatic rings. The molecule has 4 heterocycles. The number of thiophene rings is 2. The lowest BCUT2D eigenvalue weighted by Gasteiger charge is -2.35. The highest BCUT2D eigenvalue weighted by Crippen LogP contribution is 2.39. The molecule has 0 amide bonds. The average Bonchev–Trinajstić information content (AvgIpc) is 3.35. The van der Waals surface area contributed by atoms with E-state index in [4.69, 9.17) is 0 Å². The molecule has 0 saturated heterocycles. The van der Waals surface area contributed by atoms with E-state index in [9.17, 15) is 0 Å². The molecule has 0 aliphatic carbocycles. The third-order valence-electron chi connectivity index (χ3n) is 4.77. The summed E-state index contributed by atoms with van der Waals surface area (Å²) in [5.74, 6) is 0. The third kappa shape index (κ3) is 3.48. The van der Waals surface area contributed by atoms with Crippen LogP contribution in [0.1, 0.15) is 40.6 Å². The molecule has 5 heteroatoms. The van der Waals surface area contributed by atoms with Crippen LogP contribution in [0.4, 0.5) is 0 Å². The largest absolute Gasteiger partial charge is 0.291 e. The van der Waals surface area contributed by atoms with Crippen LogP contribution in [0.25, 0.3) is 0 Å². The van der Waals surface area contributed by atoms with Crippen molar-refractivity contribution in [3.63, 3.8) is 0 Å². The van der Waals surface area contributed by atoms with Gasteiger partial charge in [-0.15, -0.1) is 22.7 Å². The van der Waals surface area contributed by atoms with Crippen LogP contribution in [0.15, 0.2) is 47.4 Å². The zero-order chi connectivity index (χ0) is 16.2. The van der Waals surface area contributed by atoms with Gasteiger partial charge in [-0.1, -0.05) is 12.5 Å². The second kappa shape index (κ2) is 7.64. The Morgan fingerprint density at radius 2 is 2.00 bits per heavy atom. The predicted molar refractivity (Wildman–Crippen MR) is 102 cm³/mol. The van der Waals surface area contributed by atoms with Gasteiger partial charge in [0.2, 0.25) is 0 Å². The number of unbranched alkanes of at least 4 members (excludes halogenated alkanes) is 2.